The molecule has 0 aromatic heterocycles. The molecule has 3 heteroatoms. The van der Waals surface area contributed by atoms with E-state index in [1.165, 1.54) is 41.6 Å². The molecular weight excluding hydrogens is 579 g/mol. The maximum atomic E-state index is 10.1. The zero-order valence-electron chi connectivity index (χ0n) is 26.0. The van der Waals surface area contributed by atoms with Gasteiger partial charge in [0.15, 0.2) is 0 Å². The van der Waals surface area contributed by atoms with E-state index in [4.69, 9.17) is 4.74 Å². The molecule has 5 rings (SSSR count). The number of methoxy groups -OCH3 is 1. The van der Waals surface area contributed by atoms with Gasteiger partial charge in [-0.15, -0.1) is 0 Å². The van der Waals surface area contributed by atoms with Crippen molar-refractivity contribution >= 4 is 26.1 Å². The third-order valence-corrected chi connectivity index (χ3v) is 20.4. The fraction of sp³-hybridized carbons (Fsp3) is 0.800. The van der Waals surface area contributed by atoms with E-state index in [0.29, 0.717) is 5.41 Å². The van der Waals surface area contributed by atoms with E-state index in [1.54, 1.807) is 36.5 Å². The van der Waals surface area contributed by atoms with Gasteiger partial charge in [0.25, 0.3) is 0 Å². The number of hydrogen-bond donors (Lipinski definition) is 0. The Kier molecular flexibility index (Phi) is 12.2. The van der Waals surface area contributed by atoms with Crippen LogP contribution in [0.4, 0.5) is 0 Å². The van der Waals surface area contributed by atoms with Gasteiger partial charge in [-0.05, 0) is 6.92 Å². The summed E-state index contributed by atoms with van der Waals surface area (Å²) in [5, 5.41) is 0. The molecule has 6 unspecified atom stereocenters. The molecule has 7 atom stereocenters. The Morgan fingerprint density at radius 3 is 2.32 bits per heavy atom. The van der Waals surface area contributed by atoms with Crippen LogP contribution in [0.3, 0.4) is 0 Å². The minimum absolute atomic E-state index is 0.523. The third kappa shape index (κ3) is 6.89. The standard InChI is InChI=1S/C25H45IO.C8H8O.C2H6/c1-6-12-25(17-27-5)14-10-20-19(16-25)7-8-23-21(20)9-13-24(4)22(18(2)3)11-15-26(23)24;1-7-2-4-8(6-9)5-3-7;1-2/h18-23H,6-17H2,1-5H3;2-6H,1H3;1-2H3/t19?,20?,21?,22?,23?,24?,25-;;/m0../s1. The number of alkyl halides is 3. The molecule has 0 bridgehead atoms. The molecule has 1 aromatic carbocycles. The van der Waals surface area contributed by atoms with Crippen LogP contribution in [-0.4, -0.2) is 31.8 Å². The van der Waals surface area contributed by atoms with Crippen LogP contribution in [0.2, 0.25) is 0 Å². The van der Waals surface area contributed by atoms with Crippen LogP contribution in [0.15, 0.2) is 24.3 Å². The van der Waals surface area contributed by atoms with Crippen LogP contribution in [0.5, 0.6) is 0 Å². The van der Waals surface area contributed by atoms with Crippen LogP contribution >= 0.6 is 19.8 Å². The maximum absolute atomic E-state index is 10.1. The number of aldehydes is 1. The van der Waals surface area contributed by atoms with Gasteiger partial charge < -0.3 is 0 Å². The van der Waals surface area contributed by atoms with E-state index in [0.717, 1.165) is 51.5 Å². The Bertz CT molecular complexity index is 842. The fourth-order valence-corrected chi connectivity index (χ4v) is 20.4. The van der Waals surface area contributed by atoms with Crippen molar-refractivity contribution in [3.05, 3.63) is 35.4 Å². The molecule has 1 aromatic rings. The maximum Gasteiger partial charge on any atom is 0.150 e. The zero-order chi connectivity index (χ0) is 27.9. The van der Waals surface area contributed by atoms with E-state index in [1.807, 2.05) is 52.1 Å². The topological polar surface area (TPSA) is 26.3 Å². The summed E-state index contributed by atoms with van der Waals surface area (Å²) in [4.78, 5) is 10.1. The summed E-state index contributed by atoms with van der Waals surface area (Å²) in [5.74, 6) is 5.24. The number of rotatable bonds is 6. The van der Waals surface area contributed by atoms with Gasteiger partial charge in [0.1, 0.15) is 6.29 Å². The number of halogens is 1. The van der Waals surface area contributed by atoms with Crippen molar-refractivity contribution in [3.8, 4) is 0 Å². The number of aryl methyl sites for hydroxylation is 1. The van der Waals surface area contributed by atoms with Crippen molar-refractivity contribution in [1.82, 2.24) is 0 Å². The van der Waals surface area contributed by atoms with Crippen LogP contribution in [0, 0.1) is 41.9 Å². The number of hydrogen-bond acceptors (Lipinski definition) is 2. The average Bonchev–Trinajstić information content (AvgIpc) is 3.28. The predicted molar refractivity (Wildman–Crippen MR) is 174 cm³/mol. The Labute approximate surface area is 243 Å². The van der Waals surface area contributed by atoms with E-state index in [2.05, 4.69) is 27.7 Å². The number of fused-ring (bicyclic) bond motifs is 5. The van der Waals surface area contributed by atoms with Crippen molar-refractivity contribution in [2.24, 2.45) is 35.0 Å². The van der Waals surface area contributed by atoms with Crippen LogP contribution < -0.4 is 0 Å². The number of carbonyl (C=O) groups excluding carboxylic acids is 1. The largest absolute Gasteiger partial charge is 0.298 e. The van der Waals surface area contributed by atoms with Crippen molar-refractivity contribution in [3.63, 3.8) is 0 Å². The number of ether oxygens (including phenoxy) is 1. The molecule has 2 aliphatic heterocycles. The van der Waals surface area contributed by atoms with Gasteiger partial charge in [-0.3, -0.25) is 4.79 Å². The van der Waals surface area contributed by atoms with Gasteiger partial charge in [-0.1, -0.05) is 43.7 Å². The quantitative estimate of drug-likeness (QED) is 0.176. The molecule has 0 amide bonds. The monoisotopic (exact) mass is 638 g/mol. The average molecular weight is 639 g/mol. The molecule has 4 aliphatic rings. The molecule has 2 saturated carbocycles. The summed E-state index contributed by atoms with van der Waals surface area (Å²) >= 11 is -0.819. The van der Waals surface area contributed by atoms with E-state index < -0.39 is 19.8 Å². The normalized spacial score (nSPS) is 36.6. The Morgan fingerprint density at radius 1 is 1.03 bits per heavy atom. The van der Waals surface area contributed by atoms with Crippen molar-refractivity contribution < 1.29 is 9.53 Å². The Balaban J connectivity index is 0.000000307. The van der Waals surface area contributed by atoms with Gasteiger partial charge in [0.2, 0.25) is 0 Å². The molecule has 38 heavy (non-hydrogen) atoms. The Hall–Kier alpha value is -0.420. The molecule has 2 saturated heterocycles. The summed E-state index contributed by atoms with van der Waals surface area (Å²) in [7, 11) is 1.93. The molecular formula is C35H59IO2. The van der Waals surface area contributed by atoms with Gasteiger partial charge in [0.05, 0.1) is 0 Å². The van der Waals surface area contributed by atoms with Gasteiger partial charge in [-0.25, -0.2) is 0 Å². The van der Waals surface area contributed by atoms with Crippen molar-refractivity contribution in [2.45, 2.75) is 120 Å². The summed E-state index contributed by atoms with van der Waals surface area (Å²) in [6, 6.07) is 7.46. The van der Waals surface area contributed by atoms with Gasteiger partial charge in [-0.2, -0.15) is 0 Å². The summed E-state index contributed by atoms with van der Waals surface area (Å²) in [6.07, 6.45) is 16.0. The van der Waals surface area contributed by atoms with Crippen molar-refractivity contribution in [2.75, 3.05) is 18.1 Å². The van der Waals surface area contributed by atoms with E-state index in [9.17, 15) is 4.79 Å². The molecule has 0 N–H and O–H groups in total. The third-order valence-electron chi connectivity index (χ3n) is 10.6. The van der Waals surface area contributed by atoms with Crippen molar-refractivity contribution in [1.29, 1.82) is 0 Å². The molecule has 4 fully saturated rings. The van der Waals surface area contributed by atoms with Gasteiger partial charge in [0, 0.05) is 5.56 Å². The van der Waals surface area contributed by atoms with E-state index in [-0.39, 0.29) is 0 Å². The number of carbonyl (C=O) groups is 1. The molecule has 0 radical (unpaired) electrons. The second-order valence-electron chi connectivity index (χ2n) is 13.2. The smallest absolute Gasteiger partial charge is 0.150 e. The minimum Gasteiger partial charge on any atom is -0.298 e. The first-order chi connectivity index (χ1) is 18.3. The second kappa shape index (κ2) is 14.5. The van der Waals surface area contributed by atoms with Crippen LogP contribution in [0.1, 0.15) is 122 Å². The first-order valence-corrected chi connectivity index (χ1v) is 19.8. The summed E-state index contributed by atoms with van der Waals surface area (Å²) in [6.45, 7) is 17.2. The summed E-state index contributed by atoms with van der Waals surface area (Å²) in [5.41, 5.74) is 2.44. The molecule has 0 spiro atoms. The van der Waals surface area contributed by atoms with Crippen LogP contribution in [0.25, 0.3) is 0 Å². The SMILES string of the molecule is CC.CCC[C@]1(COC)CCC2C(CCC3C2CCC2(C)C(C(C)C)CCI32)C1.Cc1ccc(C=O)cc1. The second-order valence-corrected chi connectivity index (χ2v) is 20.6. The van der Waals surface area contributed by atoms with Crippen LogP contribution in [-0.2, 0) is 4.74 Å². The predicted octanol–water partition coefficient (Wildman–Crippen LogP) is 10.2. The van der Waals surface area contributed by atoms with Gasteiger partial charge >= 0.3 is 177 Å². The zero-order valence-corrected chi connectivity index (χ0v) is 28.2. The Morgan fingerprint density at radius 2 is 1.71 bits per heavy atom. The summed E-state index contributed by atoms with van der Waals surface area (Å²) < 4.78 is 9.48. The first-order valence-electron chi connectivity index (χ1n) is 15.9. The molecule has 2 nitrogen and oxygen atoms in total. The first kappa shape index (κ1) is 32.1. The number of benzene rings is 1. The molecule has 218 valence electrons. The fourth-order valence-electron chi connectivity index (χ4n) is 9.06. The molecule has 2 heterocycles. The minimum atomic E-state index is -0.819. The molecule has 2 aliphatic carbocycles. The van der Waals surface area contributed by atoms with E-state index >= 15 is 0 Å².